The Morgan fingerprint density at radius 1 is 1.21 bits per heavy atom. The van der Waals surface area contributed by atoms with Gasteiger partial charge in [-0.3, -0.25) is 9.78 Å². The summed E-state index contributed by atoms with van der Waals surface area (Å²) in [4.78, 5) is 20.6. The number of nitrogens with one attached hydrogen (secondary N) is 2. The SMILES string of the molecule is [B][C@H](C)C(=C)N1CCC(C(=O)N(C)[C@@H](c2ccc(Nc3cnc(C)c(NC=C(C)C)c3C(C)OC)cc2)C(F)(F)F)CC1. The van der Waals surface area contributed by atoms with Gasteiger partial charge in [-0.25, -0.2) is 0 Å². The van der Waals surface area contributed by atoms with Crippen LogP contribution in [-0.4, -0.2) is 62.0 Å². The second-order valence-corrected chi connectivity index (χ2v) is 11.5. The smallest absolute Gasteiger partial charge is 0.377 e. The van der Waals surface area contributed by atoms with Gasteiger partial charge in [-0.05, 0) is 70.2 Å². The Morgan fingerprint density at radius 2 is 1.81 bits per heavy atom. The molecular formula is C32H43BF3N5O2. The van der Waals surface area contributed by atoms with Gasteiger partial charge >= 0.3 is 6.18 Å². The average molecular weight is 598 g/mol. The van der Waals surface area contributed by atoms with Crippen LogP contribution in [0.15, 0.2) is 54.5 Å². The molecular weight excluding hydrogens is 554 g/mol. The lowest BCUT2D eigenvalue weighted by Gasteiger charge is -2.38. The van der Waals surface area contributed by atoms with Crippen molar-refractivity contribution >= 4 is 30.8 Å². The molecule has 1 saturated heterocycles. The summed E-state index contributed by atoms with van der Waals surface area (Å²) in [6.07, 6.45) is -0.503. The molecule has 232 valence electrons. The lowest BCUT2D eigenvalue weighted by atomic mass is 9.85. The van der Waals surface area contributed by atoms with E-state index in [0.717, 1.165) is 33.1 Å². The fraction of sp³-hybridized carbons (Fsp3) is 0.500. The van der Waals surface area contributed by atoms with Crippen LogP contribution >= 0.6 is 0 Å². The summed E-state index contributed by atoms with van der Waals surface area (Å²) < 4.78 is 48.8. The van der Waals surface area contributed by atoms with Crippen molar-refractivity contribution in [2.45, 2.75) is 71.6 Å². The highest BCUT2D eigenvalue weighted by Gasteiger charge is 2.46. The molecule has 3 atom stereocenters. The summed E-state index contributed by atoms with van der Waals surface area (Å²) in [5.74, 6) is -1.24. The van der Waals surface area contributed by atoms with Crippen molar-refractivity contribution in [3.63, 3.8) is 0 Å². The van der Waals surface area contributed by atoms with Gasteiger partial charge in [-0.15, -0.1) is 0 Å². The third-order valence-corrected chi connectivity index (χ3v) is 7.90. The van der Waals surface area contributed by atoms with Crippen LogP contribution in [0.3, 0.4) is 0 Å². The third-order valence-electron chi connectivity index (χ3n) is 7.90. The number of allylic oxidation sites excluding steroid dienone is 2. The van der Waals surface area contributed by atoms with Crippen molar-refractivity contribution in [1.82, 2.24) is 14.8 Å². The van der Waals surface area contributed by atoms with E-state index in [1.807, 2.05) is 45.7 Å². The standard InChI is InChI=1S/C32H43BF3N5O2/c1-19(2)17-38-29-21(4)37-18-27(28(29)23(6)43-8)39-26-11-9-24(10-12-26)30(32(34,35)36)40(7)31(42)25-13-15-41(16-14-25)22(5)20(3)33/h9-12,17-18,20,23,25,30,38-39H,5,13-16H2,1-4,6-8H3/t20-,23?,30+/m1/s1. The van der Waals surface area contributed by atoms with Crippen molar-refractivity contribution < 1.29 is 22.7 Å². The summed E-state index contributed by atoms with van der Waals surface area (Å²) >= 11 is 0. The molecule has 1 aliphatic heterocycles. The van der Waals surface area contributed by atoms with Crippen LogP contribution < -0.4 is 10.6 Å². The first-order valence-corrected chi connectivity index (χ1v) is 14.5. The summed E-state index contributed by atoms with van der Waals surface area (Å²) in [5, 5.41) is 6.59. The highest BCUT2D eigenvalue weighted by molar-refractivity contribution is 6.13. The van der Waals surface area contributed by atoms with E-state index < -0.39 is 24.0 Å². The van der Waals surface area contributed by atoms with Crippen LogP contribution in [0.5, 0.6) is 0 Å². The molecule has 43 heavy (non-hydrogen) atoms. The lowest BCUT2D eigenvalue weighted by Crippen LogP contribution is -2.45. The van der Waals surface area contributed by atoms with E-state index in [0.29, 0.717) is 37.3 Å². The molecule has 2 heterocycles. The van der Waals surface area contributed by atoms with E-state index in [1.54, 1.807) is 25.4 Å². The Kier molecular flexibility index (Phi) is 11.3. The number of ether oxygens (including phenoxy) is 1. The molecule has 2 N–H and O–H groups in total. The number of carbonyl (C=O) groups excluding carboxylic acids is 1. The zero-order valence-corrected chi connectivity index (χ0v) is 26.2. The number of methoxy groups -OCH3 is 1. The number of anilines is 3. The minimum absolute atomic E-state index is 0.0184. The van der Waals surface area contributed by atoms with Crippen molar-refractivity contribution in [1.29, 1.82) is 0 Å². The summed E-state index contributed by atoms with van der Waals surface area (Å²) in [5.41, 5.74) is 5.47. The third kappa shape index (κ3) is 8.34. The Hall–Kier alpha value is -3.47. The van der Waals surface area contributed by atoms with Gasteiger partial charge in [-0.1, -0.05) is 31.2 Å². The number of amides is 1. The number of rotatable bonds is 11. The fourth-order valence-electron chi connectivity index (χ4n) is 5.32. The van der Waals surface area contributed by atoms with Crippen LogP contribution in [0.4, 0.5) is 30.2 Å². The first-order chi connectivity index (χ1) is 20.1. The van der Waals surface area contributed by atoms with E-state index in [2.05, 4.69) is 22.2 Å². The van der Waals surface area contributed by atoms with Crippen LogP contribution in [0.1, 0.15) is 69.5 Å². The van der Waals surface area contributed by atoms with Crippen molar-refractivity contribution in [3.05, 3.63) is 71.3 Å². The van der Waals surface area contributed by atoms with Gasteiger partial charge in [0.25, 0.3) is 0 Å². The molecule has 11 heteroatoms. The second-order valence-electron chi connectivity index (χ2n) is 11.5. The number of benzene rings is 1. The van der Waals surface area contributed by atoms with Gasteiger partial charge < -0.3 is 25.2 Å². The van der Waals surface area contributed by atoms with Crippen molar-refractivity contribution in [2.24, 2.45) is 5.92 Å². The number of aromatic nitrogens is 1. The van der Waals surface area contributed by atoms with E-state index >= 15 is 0 Å². The van der Waals surface area contributed by atoms with Crippen LogP contribution in [0, 0.1) is 12.8 Å². The van der Waals surface area contributed by atoms with Crippen molar-refractivity contribution in [2.75, 3.05) is 37.9 Å². The predicted molar refractivity (Wildman–Crippen MR) is 167 cm³/mol. The summed E-state index contributed by atoms with van der Waals surface area (Å²) in [6.45, 7) is 14.6. The molecule has 1 amide bonds. The number of pyridine rings is 1. The maximum Gasteiger partial charge on any atom is 0.413 e. The second kappa shape index (κ2) is 14.3. The van der Waals surface area contributed by atoms with Gasteiger partial charge in [0.1, 0.15) is 0 Å². The number of piperidine rings is 1. The number of aryl methyl sites for hydroxylation is 1. The zero-order valence-electron chi connectivity index (χ0n) is 26.2. The predicted octanol–water partition coefficient (Wildman–Crippen LogP) is 7.44. The van der Waals surface area contributed by atoms with Crippen LogP contribution in [0.2, 0.25) is 5.82 Å². The number of alkyl halides is 3. The zero-order chi connectivity index (χ0) is 32.1. The highest BCUT2D eigenvalue weighted by Crippen LogP contribution is 2.40. The van der Waals surface area contributed by atoms with E-state index in [4.69, 9.17) is 12.6 Å². The van der Waals surface area contributed by atoms with Gasteiger partial charge in [0.05, 0.1) is 37.2 Å². The molecule has 1 fully saturated rings. The summed E-state index contributed by atoms with van der Waals surface area (Å²) in [7, 11) is 8.76. The van der Waals surface area contributed by atoms with Gasteiger partial charge in [0.2, 0.25) is 5.91 Å². The number of carbonyl (C=O) groups is 1. The van der Waals surface area contributed by atoms with E-state index in [-0.39, 0.29) is 17.5 Å². The number of likely N-dealkylation sites (tertiary alicyclic amines) is 1. The Bertz CT molecular complexity index is 1300. The van der Waals surface area contributed by atoms with E-state index in [9.17, 15) is 18.0 Å². The Morgan fingerprint density at radius 3 is 2.33 bits per heavy atom. The van der Waals surface area contributed by atoms with Crippen LogP contribution in [0.25, 0.3) is 0 Å². The molecule has 0 saturated carbocycles. The molecule has 2 aromatic rings. The monoisotopic (exact) mass is 597 g/mol. The first-order valence-electron chi connectivity index (χ1n) is 14.5. The lowest BCUT2D eigenvalue weighted by molar-refractivity contribution is -0.191. The molecule has 3 rings (SSSR count). The fourth-order valence-corrected chi connectivity index (χ4v) is 5.32. The number of halogens is 3. The summed E-state index contributed by atoms with van der Waals surface area (Å²) in [6, 6.07) is 3.89. The van der Waals surface area contributed by atoms with Gasteiger partial charge in [-0.2, -0.15) is 13.2 Å². The minimum atomic E-state index is -4.66. The molecule has 0 bridgehead atoms. The topological polar surface area (TPSA) is 69.7 Å². The molecule has 1 aliphatic rings. The number of hydrogen-bond donors (Lipinski definition) is 2. The number of hydrogen-bond acceptors (Lipinski definition) is 6. The molecule has 1 aromatic carbocycles. The average Bonchev–Trinajstić information content (AvgIpc) is 2.96. The van der Waals surface area contributed by atoms with Crippen LogP contribution in [-0.2, 0) is 9.53 Å². The van der Waals surface area contributed by atoms with Gasteiger partial charge in [0, 0.05) is 50.1 Å². The Labute approximate surface area is 255 Å². The van der Waals surface area contributed by atoms with E-state index in [1.165, 1.54) is 19.2 Å². The largest absolute Gasteiger partial charge is 0.413 e. The number of nitrogens with zero attached hydrogens (tertiary/aromatic N) is 3. The van der Waals surface area contributed by atoms with Crippen molar-refractivity contribution in [3.8, 4) is 0 Å². The molecule has 1 unspecified atom stereocenters. The molecule has 7 nitrogen and oxygen atoms in total. The minimum Gasteiger partial charge on any atom is -0.377 e. The Balaban J connectivity index is 1.83. The first kappa shape index (κ1) is 34.0. The maximum absolute atomic E-state index is 14.4. The molecule has 0 spiro atoms. The normalized spacial score (nSPS) is 16.2. The van der Waals surface area contributed by atoms with Gasteiger partial charge in [0.15, 0.2) is 6.04 Å². The molecule has 2 radical (unpaired) electrons. The molecule has 1 aromatic heterocycles. The maximum atomic E-state index is 14.4. The highest BCUT2D eigenvalue weighted by atomic mass is 19.4. The quantitative estimate of drug-likeness (QED) is 0.263. The molecule has 0 aliphatic carbocycles.